The maximum atomic E-state index is 12.6. The lowest BCUT2D eigenvalue weighted by molar-refractivity contribution is 0.280. The third kappa shape index (κ3) is 2.25. The quantitative estimate of drug-likeness (QED) is 0.613. The number of thiazole rings is 1. The fraction of sp³-hybridized carbons (Fsp3) is 0.294. The van der Waals surface area contributed by atoms with E-state index in [1.165, 1.54) is 0 Å². The molecular formula is C17H16N6OS. The lowest BCUT2D eigenvalue weighted by Crippen LogP contribution is -2.40. The van der Waals surface area contributed by atoms with Crippen LogP contribution in [0.2, 0.25) is 0 Å². The molecule has 1 aliphatic rings. The third-order valence-corrected chi connectivity index (χ3v) is 5.76. The van der Waals surface area contributed by atoms with Crippen molar-refractivity contribution in [2.24, 2.45) is 7.05 Å². The molecule has 1 N–H and O–H groups in total. The van der Waals surface area contributed by atoms with Gasteiger partial charge in [-0.3, -0.25) is 9.13 Å². The minimum Gasteiger partial charge on any atom is -0.359 e. The number of hydrogen-bond acceptors (Lipinski definition) is 6. The van der Waals surface area contributed by atoms with Crippen LogP contribution in [0.15, 0.2) is 41.5 Å². The molecule has 1 saturated carbocycles. The number of aryl methyl sites for hydroxylation is 1. The first-order valence-electron chi connectivity index (χ1n) is 8.21. The number of anilines is 1. The van der Waals surface area contributed by atoms with Crippen molar-refractivity contribution in [3.8, 4) is 0 Å². The van der Waals surface area contributed by atoms with Crippen LogP contribution < -0.4 is 11.0 Å². The summed E-state index contributed by atoms with van der Waals surface area (Å²) >= 11 is 1.61. The van der Waals surface area contributed by atoms with Gasteiger partial charge in [0.25, 0.3) is 0 Å². The zero-order valence-electron chi connectivity index (χ0n) is 13.6. The predicted molar refractivity (Wildman–Crippen MR) is 98.1 cm³/mol. The maximum Gasteiger partial charge on any atom is 0.330 e. The average molecular weight is 352 g/mol. The molecule has 0 unspecified atom stereocenters. The van der Waals surface area contributed by atoms with Gasteiger partial charge in [-0.05, 0) is 37.1 Å². The predicted octanol–water partition coefficient (Wildman–Crippen LogP) is 2.56. The van der Waals surface area contributed by atoms with E-state index in [-0.39, 0.29) is 11.7 Å². The van der Waals surface area contributed by atoms with Gasteiger partial charge in [0.2, 0.25) is 0 Å². The molecular weight excluding hydrogens is 336 g/mol. The van der Waals surface area contributed by atoms with Crippen molar-refractivity contribution >= 4 is 38.0 Å². The van der Waals surface area contributed by atoms with E-state index < -0.39 is 0 Å². The SMILES string of the molecule is Cn1c(=O)n(C2CC(Nc3nc4ncccc4s3)C2)c2ncccc21. The number of imidazole rings is 1. The molecule has 0 bridgehead atoms. The molecule has 25 heavy (non-hydrogen) atoms. The Morgan fingerprint density at radius 2 is 2.00 bits per heavy atom. The first-order chi connectivity index (χ1) is 12.2. The van der Waals surface area contributed by atoms with Crippen molar-refractivity contribution in [1.29, 1.82) is 0 Å². The molecule has 126 valence electrons. The number of aromatic nitrogens is 5. The van der Waals surface area contributed by atoms with Crippen LogP contribution in [0.4, 0.5) is 5.13 Å². The molecule has 4 heterocycles. The minimum atomic E-state index is 0.00124. The monoisotopic (exact) mass is 352 g/mol. The second kappa shape index (κ2) is 5.38. The summed E-state index contributed by atoms with van der Waals surface area (Å²) in [6.07, 6.45) is 5.27. The first kappa shape index (κ1) is 14.6. The highest BCUT2D eigenvalue weighted by molar-refractivity contribution is 7.22. The lowest BCUT2D eigenvalue weighted by Gasteiger charge is -2.36. The summed E-state index contributed by atoms with van der Waals surface area (Å²) in [7, 11) is 1.80. The molecule has 0 atom stereocenters. The number of fused-ring (bicyclic) bond motifs is 2. The van der Waals surface area contributed by atoms with Gasteiger partial charge in [0.1, 0.15) is 0 Å². The zero-order valence-corrected chi connectivity index (χ0v) is 14.4. The van der Waals surface area contributed by atoms with Crippen LogP contribution in [0.5, 0.6) is 0 Å². The molecule has 1 aliphatic carbocycles. The van der Waals surface area contributed by atoms with E-state index in [9.17, 15) is 4.79 Å². The average Bonchev–Trinajstić information content (AvgIpc) is 3.11. The molecule has 1 fully saturated rings. The van der Waals surface area contributed by atoms with Crippen LogP contribution in [-0.2, 0) is 7.05 Å². The highest BCUT2D eigenvalue weighted by Crippen LogP contribution is 2.36. The first-order valence-corrected chi connectivity index (χ1v) is 9.02. The van der Waals surface area contributed by atoms with Gasteiger partial charge >= 0.3 is 5.69 Å². The molecule has 7 nitrogen and oxygen atoms in total. The zero-order chi connectivity index (χ0) is 17.0. The molecule has 5 rings (SSSR count). The Labute approximate surface area is 147 Å². The molecule has 0 spiro atoms. The van der Waals surface area contributed by atoms with Gasteiger partial charge in [-0.1, -0.05) is 11.3 Å². The lowest BCUT2D eigenvalue weighted by atomic mass is 9.86. The standard InChI is InChI=1S/C17H16N6OS/c1-22-12-4-2-7-19-15(12)23(17(22)24)11-8-10(9-11)20-16-21-14-13(25-16)5-3-6-18-14/h2-7,10-11H,8-9H2,1H3,(H,18,20,21). The van der Waals surface area contributed by atoms with Gasteiger partial charge < -0.3 is 5.32 Å². The fourth-order valence-electron chi connectivity index (χ4n) is 3.44. The van der Waals surface area contributed by atoms with E-state index in [1.54, 1.807) is 35.3 Å². The van der Waals surface area contributed by atoms with E-state index in [0.717, 1.165) is 39.5 Å². The van der Waals surface area contributed by atoms with E-state index in [2.05, 4.69) is 20.3 Å². The summed E-state index contributed by atoms with van der Waals surface area (Å²) in [6.45, 7) is 0. The Kier molecular flexibility index (Phi) is 3.14. The van der Waals surface area contributed by atoms with Gasteiger partial charge in [0.05, 0.1) is 10.2 Å². The second-order valence-electron chi connectivity index (χ2n) is 6.37. The van der Waals surface area contributed by atoms with Crippen molar-refractivity contribution < 1.29 is 0 Å². The molecule has 0 amide bonds. The number of hydrogen-bond donors (Lipinski definition) is 1. The Hall–Kier alpha value is -2.74. The van der Waals surface area contributed by atoms with Crippen LogP contribution in [0.25, 0.3) is 21.5 Å². The molecule has 0 aliphatic heterocycles. The van der Waals surface area contributed by atoms with Crippen molar-refractivity contribution in [3.63, 3.8) is 0 Å². The largest absolute Gasteiger partial charge is 0.359 e. The van der Waals surface area contributed by atoms with Gasteiger partial charge in [-0.2, -0.15) is 0 Å². The van der Waals surface area contributed by atoms with Crippen LogP contribution >= 0.6 is 11.3 Å². The topological polar surface area (TPSA) is 77.6 Å². The Balaban J connectivity index is 1.37. The summed E-state index contributed by atoms with van der Waals surface area (Å²) in [5, 5.41) is 4.36. The molecule has 8 heteroatoms. The maximum absolute atomic E-state index is 12.6. The summed E-state index contributed by atoms with van der Waals surface area (Å²) in [6, 6.07) is 8.23. The number of nitrogens with zero attached hydrogens (tertiary/aromatic N) is 5. The Bertz CT molecular complexity index is 1100. The highest BCUT2D eigenvalue weighted by atomic mass is 32.1. The molecule has 0 radical (unpaired) electrons. The van der Waals surface area contributed by atoms with E-state index in [4.69, 9.17) is 0 Å². The number of pyridine rings is 2. The number of nitrogens with one attached hydrogen (secondary N) is 1. The summed E-state index contributed by atoms with van der Waals surface area (Å²) in [5.41, 5.74) is 2.42. The molecule has 4 aromatic heterocycles. The van der Waals surface area contributed by atoms with Crippen LogP contribution in [-0.4, -0.2) is 30.1 Å². The number of rotatable bonds is 3. The van der Waals surface area contributed by atoms with Crippen molar-refractivity contribution in [1.82, 2.24) is 24.1 Å². The highest BCUT2D eigenvalue weighted by Gasteiger charge is 2.34. The molecule has 4 aromatic rings. The van der Waals surface area contributed by atoms with Crippen LogP contribution in [0.1, 0.15) is 18.9 Å². The molecule has 0 aromatic carbocycles. The Morgan fingerprint density at radius 1 is 1.20 bits per heavy atom. The van der Waals surface area contributed by atoms with Crippen molar-refractivity contribution in [3.05, 3.63) is 47.1 Å². The van der Waals surface area contributed by atoms with Crippen molar-refractivity contribution in [2.45, 2.75) is 24.9 Å². The normalized spacial score (nSPS) is 20.0. The third-order valence-electron chi connectivity index (χ3n) is 4.82. The smallest absolute Gasteiger partial charge is 0.330 e. The van der Waals surface area contributed by atoms with Crippen LogP contribution in [0, 0.1) is 0 Å². The summed E-state index contributed by atoms with van der Waals surface area (Å²) in [5.74, 6) is 0. The van der Waals surface area contributed by atoms with Gasteiger partial charge in [-0.25, -0.2) is 19.7 Å². The fourth-order valence-corrected chi connectivity index (χ4v) is 4.34. The van der Waals surface area contributed by atoms with Gasteiger partial charge in [0.15, 0.2) is 16.4 Å². The van der Waals surface area contributed by atoms with E-state index >= 15 is 0 Å². The van der Waals surface area contributed by atoms with Gasteiger partial charge in [-0.15, -0.1) is 0 Å². The summed E-state index contributed by atoms with van der Waals surface area (Å²) in [4.78, 5) is 25.7. The van der Waals surface area contributed by atoms with Crippen molar-refractivity contribution in [2.75, 3.05) is 5.32 Å². The van der Waals surface area contributed by atoms with Crippen LogP contribution in [0.3, 0.4) is 0 Å². The second-order valence-corrected chi connectivity index (χ2v) is 7.40. The molecule has 0 saturated heterocycles. The van der Waals surface area contributed by atoms with E-state index in [1.807, 2.05) is 28.8 Å². The Morgan fingerprint density at radius 3 is 2.84 bits per heavy atom. The minimum absolute atomic E-state index is 0.00124. The summed E-state index contributed by atoms with van der Waals surface area (Å²) < 4.78 is 4.57. The van der Waals surface area contributed by atoms with E-state index in [0.29, 0.717) is 6.04 Å². The van der Waals surface area contributed by atoms with Gasteiger partial charge in [0, 0.05) is 31.5 Å².